The molecule has 16 heavy (non-hydrogen) atoms. The molecule has 1 fully saturated rings. The Kier molecular flexibility index (Phi) is 2.57. The molecule has 4 nitrogen and oxygen atoms in total. The van der Waals surface area contributed by atoms with Gasteiger partial charge in [0.15, 0.2) is 0 Å². The molecule has 5 heteroatoms. The monoisotopic (exact) mass is 242 g/mol. The zero-order valence-electron chi connectivity index (χ0n) is 9.23. The first-order valence-electron chi connectivity index (χ1n) is 5.01. The van der Waals surface area contributed by atoms with Crippen molar-refractivity contribution < 1.29 is 17.7 Å². The summed E-state index contributed by atoms with van der Waals surface area (Å²) in [6.07, 6.45) is 0.669. The van der Waals surface area contributed by atoms with Gasteiger partial charge in [-0.1, -0.05) is 6.07 Å². The van der Waals surface area contributed by atoms with Crippen LogP contribution in [0.1, 0.15) is 18.1 Å². The number of hydrogen-bond donors (Lipinski definition) is 1. The minimum atomic E-state index is -4.12. The average molecular weight is 242 g/mol. The van der Waals surface area contributed by atoms with E-state index in [2.05, 4.69) is 0 Å². The Hall–Kier alpha value is -0.910. The lowest BCUT2D eigenvalue weighted by Gasteiger charge is -2.09. The Labute approximate surface area is 95.0 Å². The Morgan fingerprint density at radius 3 is 2.62 bits per heavy atom. The molecule has 0 bridgehead atoms. The highest BCUT2D eigenvalue weighted by Crippen LogP contribution is 2.31. The molecule has 1 aliphatic rings. The number of rotatable bonds is 3. The summed E-state index contributed by atoms with van der Waals surface area (Å²) < 4.78 is 36.2. The second-order valence-electron chi connectivity index (χ2n) is 4.48. The third-order valence-corrected chi connectivity index (χ3v) is 3.67. The van der Waals surface area contributed by atoms with E-state index in [1.54, 1.807) is 6.07 Å². The smallest absolute Gasteiger partial charge is 0.294 e. The molecule has 88 valence electrons. The summed E-state index contributed by atoms with van der Waals surface area (Å²) in [6, 6.07) is 4.62. The van der Waals surface area contributed by atoms with Crippen LogP contribution in [0.5, 0.6) is 0 Å². The van der Waals surface area contributed by atoms with Gasteiger partial charge in [0, 0.05) is 6.42 Å². The van der Waals surface area contributed by atoms with E-state index in [9.17, 15) is 8.42 Å². The van der Waals surface area contributed by atoms with Crippen molar-refractivity contribution in [1.82, 2.24) is 0 Å². The fraction of sp³-hybridized carbons (Fsp3) is 0.455. The predicted molar refractivity (Wildman–Crippen MR) is 59.1 cm³/mol. The maximum absolute atomic E-state index is 11.0. The van der Waals surface area contributed by atoms with Crippen molar-refractivity contribution in [2.75, 3.05) is 6.61 Å². The van der Waals surface area contributed by atoms with Crippen molar-refractivity contribution in [1.29, 1.82) is 0 Å². The minimum absolute atomic E-state index is 0.0580. The molecule has 1 aliphatic heterocycles. The Morgan fingerprint density at radius 2 is 2.12 bits per heavy atom. The summed E-state index contributed by atoms with van der Waals surface area (Å²) in [5, 5.41) is 0. The largest absolute Gasteiger partial charge is 0.370 e. The van der Waals surface area contributed by atoms with Gasteiger partial charge in [-0.2, -0.15) is 8.42 Å². The van der Waals surface area contributed by atoms with E-state index in [-0.39, 0.29) is 10.5 Å². The molecule has 0 unspecified atom stereocenters. The molecule has 1 heterocycles. The topological polar surface area (TPSA) is 66.9 Å². The van der Waals surface area contributed by atoms with Gasteiger partial charge < -0.3 is 4.74 Å². The molecule has 1 atom stereocenters. The van der Waals surface area contributed by atoms with E-state index in [1.807, 2.05) is 13.8 Å². The third kappa shape index (κ3) is 2.42. The van der Waals surface area contributed by atoms with E-state index in [0.29, 0.717) is 13.0 Å². The van der Waals surface area contributed by atoms with Crippen LogP contribution >= 0.6 is 0 Å². The molecular weight excluding hydrogens is 228 g/mol. The predicted octanol–water partition coefficient (Wildman–Crippen LogP) is 1.57. The first-order chi connectivity index (χ1) is 7.30. The maximum Gasteiger partial charge on any atom is 0.294 e. The van der Waals surface area contributed by atoms with Gasteiger partial charge in [0.2, 0.25) is 0 Å². The van der Waals surface area contributed by atoms with Gasteiger partial charge in [0.1, 0.15) is 0 Å². The highest BCUT2D eigenvalue weighted by atomic mass is 32.2. The summed E-state index contributed by atoms with van der Waals surface area (Å²) >= 11 is 0. The highest BCUT2D eigenvalue weighted by molar-refractivity contribution is 7.85. The number of epoxide rings is 1. The lowest BCUT2D eigenvalue weighted by molar-refractivity contribution is 0.322. The molecule has 0 saturated carbocycles. The molecule has 1 aromatic rings. The molecule has 0 radical (unpaired) electrons. The van der Waals surface area contributed by atoms with Gasteiger partial charge in [-0.25, -0.2) is 0 Å². The van der Waals surface area contributed by atoms with Crippen LogP contribution in [0.25, 0.3) is 0 Å². The standard InChI is InChI=1S/C11H14O4S/c1-8-3-4-10(16(12,13)14)5-9(8)6-11(2)7-15-11/h3-5H,6-7H2,1-2H3,(H,12,13,14)/t11-/m1/s1. The van der Waals surface area contributed by atoms with E-state index in [4.69, 9.17) is 9.29 Å². The summed E-state index contributed by atoms with van der Waals surface area (Å²) in [4.78, 5) is -0.0580. The van der Waals surface area contributed by atoms with E-state index < -0.39 is 10.1 Å². The van der Waals surface area contributed by atoms with Crippen molar-refractivity contribution in [3.05, 3.63) is 29.3 Å². The molecule has 2 rings (SSSR count). The van der Waals surface area contributed by atoms with Crippen molar-refractivity contribution >= 4 is 10.1 Å². The summed E-state index contributed by atoms with van der Waals surface area (Å²) in [7, 11) is -4.12. The lowest BCUT2D eigenvalue weighted by Crippen LogP contribution is -2.11. The van der Waals surface area contributed by atoms with E-state index in [0.717, 1.165) is 11.1 Å². The zero-order chi connectivity index (χ0) is 12.0. The molecule has 1 saturated heterocycles. The van der Waals surface area contributed by atoms with Crippen molar-refractivity contribution in [2.45, 2.75) is 30.8 Å². The highest BCUT2D eigenvalue weighted by Gasteiger charge is 2.39. The lowest BCUT2D eigenvalue weighted by atomic mass is 9.98. The average Bonchev–Trinajstić information content (AvgIpc) is 2.86. The van der Waals surface area contributed by atoms with Crippen LogP contribution < -0.4 is 0 Å². The molecule has 0 amide bonds. The normalized spacial score (nSPS) is 24.4. The van der Waals surface area contributed by atoms with Crippen LogP contribution in [0.3, 0.4) is 0 Å². The van der Waals surface area contributed by atoms with Gasteiger partial charge in [0.05, 0.1) is 17.1 Å². The first kappa shape index (κ1) is 11.6. The summed E-state index contributed by atoms with van der Waals surface area (Å²) in [5.41, 5.74) is 1.74. The first-order valence-corrected chi connectivity index (χ1v) is 6.45. The van der Waals surface area contributed by atoms with Crippen molar-refractivity contribution in [3.8, 4) is 0 Å². The molecule has 1 N–H and O–H groups in total. The number of ether oxygens (including phenoxy) is 1. The molecule has 1 aromatic carbocycles. The van der Waals surface area contributed by atoms with Crippen LogP contribution in [-0.2, 0) is 21.3 Å². The SMILES string of the molecule is Cc1ccc(S(=O)(=O)O)cc1C[C@]1(C)CO1. The quantitative estimate of drug-likeness (QED) is 0.645. The van der Waals surface area contributed by atoms with Gasteiger partial charge in [-0.05, 0) is 37.1 Å². The summed E-state index contributed by atoms with van der Waals surface area (Å²) in [5.74, 6) is 0. The molecule has 0 aliphatic carbocycles. The third-order valence-electron chi connectivity index (χ3n) is 2.82. The van der Waals surface area contributed by atoms with Crippen LogP contribution in [0.4, 0.5) is 0 Å². The Morgan fingerprint density at radius 1 is 1.50 bits per heavy atom. The van der Waals surface area contributed by atoms with E-state index in [1.165, 1.54) is 12.1 Å². The van der Waals surface area contributed by atoms with Crippen molar-refractivity contribution in [2.24, 2.45) is 0 Å². The van der Waals surface area contributed by atoms with E-state index >= 15 is 0 Å². The van der Waals surface area contributed by atoms with Crippen LogP contribution in [0.15, 0.2) is 23.1 Å². The molecule has 0 aromatic heterocycles. The van der Waals surface area contributed by atoms with Crippen LogP contribution in [0, 0.1) is 6.92 Å². The fourth-order valence-electron chi connectivity index (χ4n) is 1.63. The van der Waals surface area contributed by atoms with Crippen LogP contribution in [0.2, 0.25) is 0 Å². The maximum atomic E-state index is 11.0. The Balaban J connectivity index is 2.37. The van der Waals surface area contributed by atoms with Gasteiger partial charge >= 0.3 is 0 Å². The fourth-order valence-corrected chi connectivity index (χ4v) is 2.16. The van der Waals surface area contributed by atoms with Crippen molar-refractivity contribution in [3.63, 3.8) is 0 Å². The Bertz CT molecular complexity index is 515. The van der Waals surface area contributed by atoms with Gasteiger partial charge in [-0.3, -0.25) is 4.55 Å². The van der Waals surface area contributed by atoms with Crippen LogP contribution in [-0.4, -0.2) is 25.2 Å². The zero-order valence-corrected chi connectivity index (χ0v) is 10.0. The molecule has 0 spiro atoms. The number of aryl methyl sites for hydroxylation is 1. The number of hydrogen-bond acceptors (Lipinski definition) is 3. The second-order valence-corrected chi connectivity index (χ2v) is 5.90. The molecular formula is C11H14O4S. The second kappa shape index (κ2) is 3.55. The summed E-state index contributed by atoms with van der Waals surface area (Å²) in [6.45, 7) is 4.59. The van der Waals surface area contributed by atoms with Gasteiger partial charge in [-0.15, -0.1) is 0 Å². The minimum Gasteiger partial charge on any atom is -0.370 e. The number of benzene rings is 1. The van der Waals surface area contributed by atoms with Gasteiger partial charge in [0.25, 0.3) is 10.1 Å².